The highest BCUT2D eigenvalue weighted by Crippen LogP contribution is 2.25. The maximum absolute atomic E-state index is 11.7. The van der Waals surface area contributed by atoms with Crippen molar-refractivity contribution in [3.8, 4) is 0 Å². The molecule has 0 radical (unpaired) electrons. The van der Waals surface area contributed by atoms with E-state index >= 15 is 0 Å². The lowest BCUT2D eigenvalue weighted by Crippen LogP contribution is -2.42. The van der Waals surface area contributed by atoms with Crippen LogP contribution < -0.4 is 0 Å². The molecule has 1 atom stereocenters. The molecule has 1 amide bonds. The smallest absolute Gasteiger partial charge is 0.248 e. The van der Waals surface area contributed by atoms with Crippen LogP contribution in [-0.2, 0) is 20.8 Å². The van der Waals surface area contributed by atoms with Gasteiger partial charge in [-0.25, -0.2) is 0 Å². The normalized spacial score (nSPS) is 22.3. The molecule has 0 spiro atoms. The summed E-state index contributed by atoms with van der Waals surface area (Å²) in [5.74, 6) is 0.745. The summed E-state index contributed by atoms with van der Waals surface area (Å²) in [5.41, 5.74) is 1.33. The summed E-state index contributed by atoms with van der Waals surface area (Å²) in [7, 11) is 3.51. The van der Waals surface area contributed by atoms with Crippen LogP contribution in [-0.4, -0.2) is 73.9 Å². The minimum absolute atomic E-state index is 0.0117. The molecule has 3 heterocycles. The molecule has 134 valence electrons. The summed E-state index contributed by atoms with van der Waals surface area (Å²) in [4.78, 5) is 15.8. The first-order chi connectivity index (χ1) is 11.6. The minimum Gasteiger partial charge on any atom is -0.381 e. The van der Waals surface area contributed by atoms with E-state index in [9.17, 15) is 4.79 Å². The van der Waals surface area contributed by atoms with Crippen LogP contribution in [0.1, 0.15) is 24.6 Å². The van der Waals surface area contributed by atoms with Crippen molar-refractivity contribution in [1.82, 2.24) is 14.4 Å². The molecular formula is C18H29N3O3. The van der Waals surface area contributed by atoms with Gasteiger partial charge in [-0.15, -0.1) is 0 Å². The molecule has 1 aromatic heterocycles. The van der Waals surface area contributed by atoms with Gasteiger partial charge in [0.1, 0.15) is 6.61 Å². The molecule has 1 fully saturated rings. The third-order valence-corrected chi connectivity index (χ3v) is 5.01. The van der Waals surface area contributed by atoms with Crippen molar-refractivity contribution >= 4 is 5.91 Å². The molecule has 0 N–H and O–H groups in total. The maximum Gasteiger partial charge on any atom is 0.248 e. The SMILES string of the molecule is CN(C)C(=O)COC[C@H]1CN(CC2CCOCC2)Cc2cccn21. The molecule has 0 bridgehead atoms. The number of amides is 1. The van der Waals surface area contributed by atoms with E-state index in [1.54, 1.807) is 19.0 Å². The second-order valence-electron chi connectivity index (χ2n) is 7.11. The Hall–Kier alpha value is -1.37. The average molecular weight is 335 g/mol. The lowest BCUT2D eigenvalue weighted by molar-refractivity contribution is -0.134. The number of fused-ring (bicyclic) bond motifs is 1. The van der Waals surface area contributed by atoms with Crippen LogP contribution in [0, 0.1) is 5.92 Å². The summed E-state index contributed by atoms with van der Waals surface area (Å²) in [6.45, 7) is 5.63. The van der Waals surface area contributed by atoms with Gasteiger partial charge in [-0.1, -0.05) is 0 Å². The van der Waals surface area contributed by atoms with Crippen molar-refractivity contribution in [3.63, 3.8) is 0 Å². The topological polar surface area (TPSA) is 46.9 Å². The van der Waals surface area contributed by atoms with Crippen molar-refractivity contribution < 1.29 is 14.3 Å². The molecule has 1 aromatic rings. The van der Waals surface area contributed by atoms with Crippen molar-refractivity contribution in [2.45, 2.75) is 25.4 Å². The fourth-order valence-corrected chi connectivity index (χ4v) is 3.58. The number of likely N-dealkylation sites (N-methyl/N-ethyl adjacent to an activating group) is 1. The molecule has 0 aliphatic carbocycles. The number of nitrogens with zero attached hydrogens (tertiary/aromatic N) is 3. The van der Waals surface area contributed by atoms with Crippen LogP contribution in [0.4, 0.5) is 0 Å². The minimum atomic E-state index is 0.0117. The third-order valence-electron chi connectivity index (χ3n) is 5.01. The van der Waals surface area contributed by atoms with Crippen LogP contribution >= 0.6 is 0 Å². The van der Waals surface area contributed by atoms with Gasteiger partial charge in [0.25, 0.3) is 0 Å². The van der Waals surface area contributed by atoms with Crippen molar-refractivity contribution in [3.05, 3.63) is 24.0 Å². The molecule has 2 aliphatic rings. The number of hydrogen-bond acceptors (Lipinski definition) is 4. The average Bonchev–Trinajstić information content (AvgIpc) is 3.04. The molecule has 0 aromatic carbocycles. The largest absolute Gasteiger partial charge is 0.381 e. The summed E-state index contributed by atoms with van der Waals surface area (Å²) < 4.78 is 13.5. The molecule has 6 nitrogen and oxygen atoms in total. The highest BCUT2D eigenvalue weighted by atomic mass is 16.5. The molecule has 0 unspecified atom stereocenters. The summed E-state index contributed by atoms with van der Waals surface area (Å²) >= 11 is 0. The van der Waals surface area contributed by atoms with Crippen molar-refractivity contribution in [1.29, 1.82) is 0 Å². The number of rotatable bonds is 6. The van der Waals surface area contributed by atoms with Gasteiger partial charge in [0.15, 0.2) is 0 Å². The van der Waals surface area contributed by atoms with Crippen molar-refractivity contribution in [2.24, 2.45) is 5.92 Å². The summed E-state index contributed by atoms with van der Waals surface area (Å²) in [6, 6.07) is 4.57. The van der Waals surface area contributed by atoms with Gasteiger partial charge < -0.3 is 18.9 Å². The Morgan fingerprint density at radius 1 is 1.38 bits per heavy atom. The summed E-state index contributed by atoms with van der Waals surface area (Å²) in [5, 5.41) is 0. The highest BCUT2D eigenvalue weighted by Gasteiger charge is 2.27. The predicted octanol–water partition coefficient (Wildman–Crippen LogP) is 1.38. The van der Waals surface area contributed by atoms with Crippen LogP contribution in [0.25, 0.3) is 0 Å². The van der Waals surface area contributed by atoms with E-state index in [4.69, 9.17) is 9.47 Å². The van der Waals surface area contributed by atoms with Gasteiger partial charge in [0, 0.05) is 58.8 Å². The van der Waals surface area contributed by atoms with Gasteiger partial charge >= 0.3 is 0 Å². The Labute approximate surface area is 144 Å². The Balaban J connectivity index is 1.56. The van der Waals surface area contributed by atoms with E-state index in [0.29, 0.717) is 6.61 Å². The standard InChI is InChI=1S/C18H29N3O3/c1-19(2)18(22)14-24-13-17-12-20(10-15-5-8-23-9-6-15)11-16-4-3-7-21(16)17/h3-4,7,15,17H,5-6,8-14H2,1-2H3/t17-/m1/s1. The zero-order valence-electron chi connectivity index (χ0n) is 14.8. The molecule has 0 saturated carbocycles. The maximum atomic E-state index is 11.7. The first-order valence-corrected chi connectivity index (χ1v) is 8.87. The second-order valence-corrected chi connectivity index (χ2v) is 7.11. The zero-order chi connectivity index (χ0) is 16.9. The van der Waals surface area contributed by atoms with Crippen molar-refractivity contribution in [2.75, 3.05) is 53.6 Å². The number of aromatic nitrogens is 1. The van der Waals surface area contributed by atoms with E-state index in [2.05, 4.69) is 27.8 Å². The number of carbonyl (C=O) groups is 1. The van der Waals surface area contributed by atoms with Crippen LogP contribution in [0.3, 0.4) is 0 Å². The molecule has 3 rings (SSSR count). The van der Waals surface area contributed by atoms with E-state index in [1.807, 2.05) is 0 Å². The van der Waals surface area contributed by atoms with E-state index in [0.717, 1.165) is 51.6 Å². The zero-order valence-corrected chi connectivity index (χ0v) is 14.8. The molecular weight excluding hydrogens is 306 g/mol. The number of carbonyl (C=O) groups excluding carboxylic acids is 1. The Morgan fingerprint density at radius 2 is 2.17 bits per heavy atom. The monoisotopic (exact) mass is 335 g/mol. The fourth-order valence-electron chi connectivity index (χ4n) is 3.58. The number of ether oxygens (including phenoxy) is 2. The van der Waals surface area contributed by atoms with Gasteiger partial charge in [0.2, 0.25) is 5.91 Å². The first-order valence-electron chi connectivity index (χ1n) is 8.87. The number of hydrogen-bond donors (Lipinski definition) is 0. The molecule has 6 heteroatoms. The first kappa shape index (κ1) is 17.5. The third kappa shape index (κ3) is 4.37. The fraction of sp³-hybridized carbons (Fsp3) is 0.722. The Morgan fingerprint density at radius 3 is 2.92 bits per heavy atom. The van der Waals surface area contributed by atoms with Crippen LogP contribution in [0.5, 0.6) is 0 Å². The predicted molar refractivity (Wildman–Crippen MR) is 91.8 cm³/mol. The van der Waals surface area contributed by atoms with E-state index in [1.165, 1.54) is 5.69 Å². The molecule has 1 saturated heterocycles. The van der Waals surface area contributed by atoms with Crippen LogP contribution in [0.15, 0.2) is 18.3 Å². The molecule has 2 aliphatic heterocycles. The van der Waals surface area contributed by atoms with Gasteiger partial charge in [0.05, 0.1) is 12.6 Å². The molecule has 24 heavy (non-hydrogen) atoms. The van der Waals surface area contributed by atoms with E-state index < -0.39 is 0 Å². The van der Waals surface area contributed by atoms with E-state index in [-0.39, 0.29) is 18.6 Å². The summed E-state index contributed by atoms with van der Waals surface area (Å²) in [6.07, 6.45) is 4.45. The van der Waals surface area contributed by atoms with Crippen LogP contribution in [0.2, 0.25) is 0 Å². The Kier molecular flexibility index (Phi) is 5.92. The lowest BCUT2D eigenvalue weighted by Gasteiger charge is -2.37. The highest BCUT2D eigenvalue weighted by molar-refractivity contribution is 5.76. The second kappa shape index (κ2) is 8.14. The Bertz CT molecular complexity index is 537. The quantitative estimate of drug-likeness (QED) is 0.788. The van der Waals surface area contributed by atoms with Gasteiger partial charge in [-0.3, -0.25) is 9.69 Å². The van der Waals surface area contributed by atoms with Gasteiger partial charge in [-0.05, 0) is 30.9 Å². The lowest BCUT2D eigenvalue weighted by atomic mass is 9.99. The van der Waals surface area contributed by atoms with Gasteiger partial charge in [-0.2, -0.15) is 0 Å².